The highest BCUT2D eigenvalue weighted by Gasteiger charge is 2.40. The summed E-state index contributed by atoms with van der Waals surface area (Å²) >= 11 is 0. The molecule has 2 saturated carbocycles. The molecular weight excluding hydrogens is 319 g/mol. The van der Waals surface area contributed by atoms with Gasteiger partial charge in [0.25, 0.3) is 0 Å². The molecule has 1 aromatic heterocycles. The van der Waals surface area contributed by atoms with E-state index in [1.54, 1.807) is 6.07 Å². The number of halogens is 3. The van der Waals surface area contributed by atoms with Crippen molar-refractivity contribution in [3.05, 3.63) is 24.0 Å². The summed E-state index contributed by atoms with van der Waals surface area (Å²) in [5.41, 5.74) is 0.988. The number of hydrogen-bond acceptors (Lipinski definition) is 2. The van der Waals surface area contributed by atoms with Gasteiger partial charge < -0.3 is 10.3 Å². The van der Waals surface area contributed by atoms with Crippen molar-refractivity contribution in [3.63, 3.8) is 0 Å². The molecule has 3 atom stereocenters. The van der Waals surface area contributed by atoms with E-state index in [1.165, 1.54) is 31.4 Å². The summed E-state index contributed by atoms with van der Waals surface area (Å²) in [6.07, 6.45) is 0.884. The summed E-state index contributed by atoms with van der Waals surface area (Å²) in [7, 11) is 0. The Balaban J connectivity index is 1.45. The zero-order chi connectivity index (χ0) is 16.9. The van der Waals surface area contributed by atoms with Gasteiger partial charge in [-0.2, -0.15) is 13.2 Å². The third-order valence-corrected chi connectivity index (χ3v) is 5.37. The number of fused-ring (bicyclic) bond motifs is 3. The highest BCUT2D eigenvalue weighted by Crippen LogP contribution is 2.49. The molecule has 0 aliphatic heterocycles. The average Bonchev–Trinajstić information content (AvgIpc) is 3.19. The first-order valence-corrected chi connectivity index (χ1v) is 8.25. The fraction of sp³-hybridized carbons (Fsp3) is 0.529. The summed E-state index contributed by atoms with van der Waals surface area (Å²) in [5, 5.41) is 2.80. The van der Waals surface area contributed by atoms with Crippen LogP contribution in [0.25, 0.3) is 11.0 Å². The highest BCUT2D eigenvalue weighted by atomic mass is 19.4. The molecule has 2 N–H and O–H groups in total. The zero-order valence-electron chi connectivity index (χ0n) is 13.0. The monoisotopic (exact) mass is 337 g/mol. The molecule has 7 heteroatoms. The van der Waals surface area contributed by atoms with Crippen molar-refractivity contribution in [2.45, 2.75) is 38.3 Å². The molecule has 0 radical (unpaired) electrons. The number of hydrogen-bond donors (Lipinski definition) is 2. The second-order valence-electron chi connectivity index (χ2n) is 7.00. The molecule has 4 rings (SSSR count). The lowest BCUT2D eigenvalue weighted by Crippen LogP contribution is -2.20. The van der Waals surface area contributed by atoms with Gasteiger partial charge in [0.15, 0.2) is 0 Å². The van der Waals surface area contributed by atoms with Crippen molar-refractivity contribution < 1.29 is 18.0 Å². The van der Waals surface area contributed by atoms with Crippen molar-refractivity contribution in [1.29, 1.82) is 0 Å². The smallest absolute Gasteiger partial charge is 0.334 e. The van der Waals surface area contributed by atoms with Crippen LogP contribution in [0.4, 0.5) is 18.9 Å². The number of carbonyl (C=O) groups excluding carboxylic acids is 1. The first-order valence-electron chi connectivity index (χ1n) is 8.25. The second-order valence-corrected chi connectivity index (χ2v) is 7.00. The van der Waals surface area contributed by atoms with E-state index in [9.17, 15) is 18.0 Å². The minimum atomic E-state index is -4.51. The second kappa shape index (κ2) is 5.50. The minimum absolute atomic E-state index is 0.0672. The number of rotatable bonds is 3. The van der Waals surface area contributed by atoms with Crippen LogP contribution < -0.4 is 5.32 Å². The Morgan fingerprint density at radius 2 is 2.12 bits per heavy atom. The van der Waals surface area contributed by atoms with Crippen LogP contribution in [0.15, 0.2) is 18.2 Å². The summed E-state index contributed by atoms with van der Waals surface area (Å²) < 4.78 is 38.0. The van der Waals surface area contributed by atoms with Crippen LogP contribution in [0.3, 0.4) is 0 Å². The number of nitrogens with zero attached hydrogens (tertiary/aromatic N) is 1. The normalized spacial score (nSPS) is 26.2. The Labute approximate surface area is 136 Å². The van der Waals surface area contributed by atoms with Gasteiger partial charge in [-0.15, -0.1) is 0 Å². The number of imidazole rings is 1. The molecule has 2 fully saturated rings. The number of anilines is 1. The van der Waals surface area contributed by atoms with Crippen molar-refractivity contribution >= 4 is 22.6 Å². The Kier molecular flexibility index (Phi) is 3.54. The van der Waals surface area contributed by atoms with Crippen molar-refractivity contribution in [3.8, 4) is 0 Å². The van der Waals surface area contributed by atoms with Gasteiger partial charge in [-0.1, -0.05) is 6.42 Å². The number of nitrogens with one attached hydrogen (secondary N) is 2. The number of H-pyrrole nitrogens is 1. The van der Waals surface area contributed by atoms with Crippen molar-refractivity contribution in [2.24, 2.45) is 17.8 Å². The standard InChI is InChI=1S/C17H18F3N3O/c18-17(19,20)16-22-13-4-3-12(8-14(13)23-16)21-15(24)7-11-6-9-1-2-10(11)5-9/h3-4,8-11H,1-2,5-7H2,(H,21,24)(H,22,23)/t9-,10-,11+/m0/s1. The van der Waals surface area contributed by atoms with Gasteiger partial charge in [0, 0.05) is 12.1 Å². The Morgan fingerprint density at radius 3 is 2.79 bits per heavy atom. The highest BCUT2D eigenvalue weighted by molar-refractivity contribution is 5.93. The van der Waals surface area contributed by atoms with Crippen LogP contribution in [0.5, 0.6) is 0 Å². The molecule has 1 heterocycles. The molecule has 0 spiro atoms. The van der Waals surface area contributed by atoms with E-state index in [2.05, 4.69) is 15.3 Å². The largest absolute Gasteiger partial charge is 0.449 e. The van der Waals surface area contributed by atoms with Crippen LogP contribution >= 0.6 is 0 Å². The number of benzene rings is 1. The quantitative estimate of drug-likeness (QED) is 0.875. The van der Waals surface area contributed by atoms with E-state index >= 15 is 0 Å². The van der Waals surface area contributed by atoms with Crippen molar-refractivity contribution in [2.75, 3.05) is 5.32 Å². The third kappa shape index (κ3) is 2.87. The maximum absolute atomic E-state index is 12.7. The molecule has 1 aromatic carbocycles. The molecule has 2 aliphatic carbocycles. The number of alkyl halides is 3. The lowest BCUT2D eigenvalue weighted by Gasteiger charge is -2.20. The lowest BCUT2D eigenvalue weighted by molar-refractivity contribution is -0.144. The minimum Gasteiger partial charge on any atom is -0.334 e. The van der Waals surface area contributed by atoms with Crippen molar-refractivity contribution in [1.82, 2.24) is 9.97 Å². The van der Waals surface area contributed by atoms with E-state index in [0.717, 1.165) is 12.3 Å². The molecule has 2 bridgehead atoms. The predicted octanol–water partition coefficient (Wildman–Crippen LogP) is 4.35. The van der Waals surface area contributed by atoms with Crippen LogP contribution in [0.1, 0.15) is 37.9 Å². The van der Waals surface area contributed by atoms with Gasteiger partial charge in [0.05, 0.1) is 11.0 Å². The number of amides is 1. The van der Waals surface area contributed by atoms with Crippen LogP contribution in [-0.4, -0.2) is 15.9 Å². The number of aromatic amines is 1. The topological polar surface area (TPSA) is 57.8 Å². The summed E-state index contributed by atoms with van der Waals surface area (Å²) in [6.45, 7) is 0. The summed E-state index contributed by atoms with van der Waals surface area (Å²) in [6, 6.07) is 4.56. The molecule has 0 unspecified atom stereocenters. The van der Waals surface area contributed by atoms with Gasteiger partial charge >= 0.3 is 6.18 Å². The predicted molar refractivity (Wildman–Crippen MR) is 83.3 cm³/mol. The fourth-order valence-electron chi connectivity index (χ4n) is 4.30. The van der Waals surface area contributed by atoms with E-state index in [1.807, 2.05) is 0 Å². The zero-order valence-corrected chi connectivity index (χ0v) is 13.0. The maximum Gasteiger partial charge on any atom is 0.449 e. The molecule has 2 aliphatic rings. The van der Waals surface area contributed by atoms with Gasteiger partial charge in [0.2, 0.25) is 11.7 Å². The Hall–Kier alpha value is -2.05. The molecule has 4 nitrogen and oxygen atoms in total. The van der Waals surface area contributed by atoms with Crippen LogP contribution in [0.2, 0.25) is 0 Å². The number of aromatic nitrogens is 2. The van der Waals surface area contributed by atoms with Gasteiger partial charge in [-0.3, -0.25) is 4.79 Å². The van der Waals surface area contributed by atoms with Gasteiger partial charge in [0.1, 0.15) is 0 Å². The first kappa shape index (κ1) is 15.5. The third-order valence-electron chi connectivity index (χ3n) is 5.37. The fourth-order valence-corrected chi connectivity index (χ4v) is 4.30. The van der Waals surface area contributed by atoms with E-state index in [4.69, 9.17) is 0 Å². The molecule has 2 aromatic rings. The first-order chi connectivity index (χ1) is 11.4. The van der Waals surface area contributed by atoms with Gasteiger partial charge in [-0.05, 0) is 55.2 Å². The lowest BCUT2D eigenvalue weighted by atomic mass is 9.86. The molecule has 1 amide bonds. The average molecular weight is 337 g/mol. The maximum atomic E-state index is 12.7. The number of carbonyl (C=O) groups is 1. The van der Waals surface area contributed by atoms with E-state index in [-0.39, 0.29) is 16.9 Å². The molecular formula is C17H18F3N3O. The van der Waals surface area contributed by atoms with Gasteiger partial charge in [-0.25, -0.2) is 4.98 Å². The van der Waals surface area contributed by atoms with E-state index in [0.29, 0.717) is 23.9 Å². The van der Waals surface area contributed by atoms with Crippen LogP contribution in [-0.2, 0) is 11.0 Å². The molecule has 0 saturated heterocycles. The SMILES string of the molecule is O=C(C[C@H]1C[C@H]2CC[C@H]1C2)Nc1ccc2nc(C(F)(F)F)[nH]c2c1. The van der Waals surface area contributed by atoms with E-state index < -0.39 is 12.0 Å². The Bertz CT molecular complexity index is 783. The molecule has 128 valence electrons. The Morgan fingerprint density at radius 1 is 1.29 bits per heavy atom. The molecule has 24 heavy (non-hydrogen) atoms. The summed E-state index contributed by atoms with van der Waals surface area (Å²) in [4.78, 5) is 18.0. The summed E-state index contributed by atoms with van der Waals surface area (Å²) in [5.74, 6) is 0.821. The van der Waals surface area contributed by atoms with Crippen LogP contribution in [0, 0.1) is 17.8 Å².